The van der Waals surface area contributed by atoms with Gasteiger partial charge in [-0.3, -0.25) is 0 Å². The smallest absolute Gasteiger partial charge is 0.159 e. The second-order valence-electron chi connectivity index (χ2n) is 7.74. The molecule has 3 aromatic carbocycles. The molecular weight excluding hydrogens is 357 g/mol. The monoisotopic (exact) mass is 378 g/mol. The molecule has 0 heterocycles. The Hall–Kier alpha value is -2.73. The van der Waals surface area contributed by atoms with Crippen LogP contribution in [0.4, 0.5) is 13.2 Å². The Labute approximate surface area is 163 Å². The Morgan fingerprint density at radius 3 is 2.21 bits per heavy atom. The van der Waals surface area contributed by atoms with Crippen LogP contribution >= 0.6 is 0 Å². The van der Waals surface area contributed by atoms with E-state index in [1.54, 1.807) is 30.3 Å². The molecule has 1 aliphatic carbocycles. The molecule has 0 aromatic heterocycles. The Morgan fingerprint density at radius 2 is 1.46 bits per heavy atom. The lowest BCUT2D eigenvalue weighted by molar-refractivity contribution is 0.347. The third-order valence-electron chi connectivity index (χ3n) is 5.73. The van der Waals surface area contributed by atoms with E-state index in [1.165, 1.54) is 12.8 Å². The number of fused-ring (bicyclic) bond motifs is 1. The first-order valence-electron chi connectivity index (χ1n) is 9.70. The van der Waals surface area contributed by atoms with Crippen LogP contribution in [0.2, 0.25) is 0 Å². The number of hydrogen-bond acceptors (Lipinski definition) is 0. The molecule has 0 atom stereocenters. The van der Waals surface area contributed by atoms with Crippen LogP contribution in [0.25, 0.3) is 10.8 Å². The molecule has 3 aromatic rings. The summed E-state index contributed by atoms with van der Waals surface area (Å²) in [5.74, 6) is 4.80. The first-order valence-corrected chi connectivity index (χ1v) is 9.70. The molecule has 142 valence electrons. The molecule has 0 amide bonds. The molecule has 28 heavy (non-hydrogen) atoms. The van der Waals surface area contributed by atoms with Crippen LogP contribution in [-0.2, 0) is 0 Å². The molecule has 1 fully saturated rings. The van der Waals surface area contributed by atoms with Crippen LogP contribution in [-0.4, -0.2) is 0 Å². The fraction of sp³-hybridized carbons (Fsp3) is 0.280. The Kier molecular flexibility index (Phi) is 5.13. The van der Waals surface area contributed by atoms with Gasteiger partial charge in [-0.1, -0.05) is 49.8 Å². The van der Waals surface area contributed by atoms with E-state index >= 15 is 0 Å². The van der Waals surface area contributed by atoms with Crippen LogP contribution in [0.15, 0.2) is 48.5 Å². The molecule has 0 nitrogen and oxygen atoms in total. The zero-order chi connectivity index (χ0) is 19.7. The van der Waals surface area contributed by atoms with Crippen molar-refractivity contribution in [3.8, 4) is 11.8 Å². The highest BCUT2D eigenvalue weighted by atomic mass is 19.2. The van der Waals surface area contributed by atoms with E-state index in [4.69, 9.17) is 0 Å². The molecule has 1 aliphatic rings. The highest BCUT2D eigenvalue weighted by molar-refractivity contribution is 5.88. The molecule has 1 saturated carbocycles. The van der Waals surface area contributed by atoms with Crippen LogP contribution in [0.1, 0.15) is 55.2 Å². The normalized spacial score (nSPS) is 19.3. The topological polar surface area (TPSA) is 0 Å². The lowest BCUT2D eigenvalue weighted by Gasteiger charge is -2.26. The van der Waals surface area contributed by atoms with E-state index in [0.29, 0.717) is 27.8 Å². The fourth-order valence-electron chi connectivity index (χ4n) is 3.99. The molecule has 3 heteroatoms. The van der Waals surface area contributed by atoms with E-state index in [2.05, 4.69) is 18.8 Å². The number of hydrogen-bond donors (Lipinski definition) is 0. The van der Waals surface area contributed by atoms with E-state index in [1.807, 2.05) is 6.07 Å². The van der Waals surface area contributed by atoms with Gasteiger partial charge in [0.25, 0.3) is 0 Å². The van der Waals surface area contributed by atoms with Crippen molar-refractivity contribution in [2.45, 2.75) is 38.5 Å². The highest BCUT2D eigenvalue weighted by Gasteiger charge is 2.20. The summed E-state index contributed by atoms with van der Waals surface area (Å²) < 4.78 is 41.7. The minimum Gasteiger partial charge on any atom is -0.206 e. The maximum Gasteiger partial charge on any atom is 0.159 e. The minimum atomic E-state index is -0.918. The summed E-state index contributed by atoms with van der Waals surface area (Å²) in [5.41, 5.74) is 1.89. The number of rotatable bonds is 1. The van der Waals surface area contributed by atoms with Crippen LogP contribution in [0.5, 0.6) is 0 Å². The second-order valence-corrected chi connectivity index (χ2v) is 7.74. The van der Waals surface area contributed by atoms with Gasteiger partial charge in [-0.05, 0) is 66.0 Å². The van der Waals surface area contributed by atoms with Crippen molar-refractivity contribution in [1.82, 2.24) is 0 Å². The third-order valence-corrected chi connectivity index (χ3v) is 5.73. The first-order chi connectivity index (χ1) is 13.5. The molecule has 0 unspecified atom stereocenters. The summed E-state index contributed by atoms with van der Waals surface area (Å²) in [6.45, 7) is 2.27. The SMILES string of the molecule is CC1CCC(c2ccc(C#Cc3cccc4cc(F)c(F)cc34)c(F)c2)CC1. The molecule has 0 radical (unpaired) electrons. The van der Waals surface area contributed by atoms with Gasteiger partial charge in [-0.2, -0.15) is 0 Å². The summed E-state index contributed by atoms with van der Waals surface area (Å²) in [4.78, 5) is 0. The van der Waals surface area contributed by atoms with E-state index in [-0.39, 0.29) is 5.82 Å². The molecule has 0 aliphatic heterocycles. The number of halogens is 3. The van der Waals surface area contributed by atoms with Gasteiger partial charge in [-0.15, -0.1) is 0 Å². The van der Waals surface area contributed by atoms with Crippen molar-refractivity contribution >= 4 is 10.8 Å². The summed E-state index contributed by atoms with van der Waals surface area (Å²) in [6.07, 6.45) is 4.58. The lowest BCUT2D eigenvalue weighted by atomic mass is 9.79. The Morgan fingerprint density at radius 1 is 0.750 bits per heavy atom. The van der Waals surface area contributed by atoms with Crippen LogP contribution in [0, 0.1) is 35.2 Å². The molecule has 0 saturated heterocycles. The van der Waals surface area contributed by atoms with Gasteiger partial charge in [0.05, 0.1) is 5.56 Å². The Bertz CT molecular complexity index is 1080. The molecular formula is C25H21F3. The van der Waals surface area contributed by atoms with E-state index < -0.39 is 11.6 Å². The molecule has 4 rings (SSSR count). The van der Waals surface area contributed by atoms with Gasteiger partial charge in [0, 0.05) is 10.9 Å². The van der Waals surface area contributed by atoms with Crippen molar-refractivity contribution in [3.05, 3.63) is 82.7 Å². The van der Waals surface area contributed by atoms with Gasteiger partial charge < -0.3 is 0 Å². The summed E-state index contributed by atoms with van der Waals surface area (Å²) in [5, 5.41) is 1.08. The van der Waals surface area contributed by atoms with Gasteiger partial charge in [-0.25, -0.2) is 13.2 Å². The van der Waals surface area contributed by atoms with Crippen LogP contribution in [0.3, 0.4) is 0 Å². The minimum absolute atomic E-state index is 0.313. The van der Waals surface area contributed by atoms with E-state index in [9.17, 15) is 13.2 Å². The quantitative estimate of drug-likeness (QED) is 0.402. The first kappa shape index (κ1) is 18.6. The van der Waals surface area contributed by atoms with Gasteiger partial charge in [0.1, 0.15) is 5.82 Å². The van der Waals surface area contributed by atoms with Crippen molar-refractivity contribution in [3.63, 3.8) is 0 Å². The molecule has 0 N–H and O–H groups in total. The van der Waals surface area contributed by atoms with Gasteiger partial charge in [0.15, 0.2) is 11.6 Å². The summed E-state index contributed by atoms with van der Waals surface area (Å²) in [6, 6.07) is 12.7. The van der Waals surface area contributed by atoms with Crippen LogP contribution < -0.4 is 0 Å². The Balaban J connectivity index is 1.63. The van der Waals surface area contributed by atoms with Crippen molar-refractivity contribution in [1.29, 1.82) is 0 Å². The standard InChI is InChI=1S/C25H21F3/c1-16-5-7-17(8-6-16)20-12-11-19(23(26)13-20)10-9-18-3-2-4-21-14-24(27)25(28)15-22(18)21/h2-4,11-17H,5-8H2,1H3. The highest BCUT2D eigenvalue weighted by Crippen LogP contribution is 2.35. The predicted octanol–water partition coefficient (Wildman–Crippen LogP) is 6.95. The fourth-order valence-corrected chi connectivity index (χ4v) is 3.99. The number of benzene rings is 3. The molecule has 0 spiro atoms. The van der Waals surface area contributed by atoms with E-state index in [0.717, 1.165) is 36.5 Å². The zero-order valence-electron chi connectivity index (χ0n) is 15.7. The maximum absolute atomic E-state index is 14.6. The predicted molar refractivity (Wildman–Crippen MR) is 107 cm³/mol. The van der Waals surface area contributed by atoms with Crippen molar-refractivity contribution in [2.24, 2.45) is 5.92 Å². The average molecular weight is 378 g/mol. The van der Waals surface area contributed by atoms with Crippen molar-refractivity contribution < 1.29 is 13.2 Å². The average Bonchev–Trinajstić information content (AvgIpc) is 2.68. The zero-order valence-corrected chi connectivity index (χ0v) is 15.7. The van der Waals surface area contributed by atoms with Gasteiger partial charge >= 0.3 is 0 Å². The largest absolute Gasteiger partial charge is 0.206 e. The second kappa shape index (κ2) is 7.72. The third kappa shape index (κ3) is 3.78. The molecule has 0 bridgehead atoms. The maximum atomic E-state index is 14.6. The van der Waals surface area contributed by atoms with Gasteiger partial charge in [0.2, 0.25) is 0 Å². The summed E-state index contributed by atoms with van der Waals surface area (Å²) >= 11 is 0. The van der Waals surface area contributed by atoms with Crippen molar-refractivity contribution in [2.75, 3.05) is 0 Å². The summed E-state index contributed by atoms with van der Waals surface area (Å²) in [7, 11) is 0. The lowest BCUT2D eigenvalue weighted by Crippen LogP contribution is -2.11.